The summed E-state index contributed by atoms with van der Waals surface area (Å²) >= 11 is 5.50. The average molecular weight is 290 g/mol. The Morgan fingerprint density at radius 1 is 1.44 bits per heavy atom. The highest BCUT2D eigenvalue weighted by Crippen LogP contribution is 2.26. The molecule has 1 fully saturated rings. The Hall–Kier alpha value is -1.21. The molecule has 18 heavy (non-hydrogen) atoms. The first-order chi connectivity index (χ1) is 8.45. The first-order valence-corrected chi connectivity index (χ1v) is 7.30. The van der Waals surface area contributed by atoms with E-state index < -0.39 is 10.0 Å². The van der Waals surface area contributed by atoms with Gasteiger partial charge in [0.05, 0.1) is 12.4 Å². The van der Waals surface area contributed by atoms with E-state index in [1.165, 1.54) is 0 Å². The van der Waals surface area contributed by atoms with Gasteiger partial charge in [-0.25, -0.2) is 22.7 Å². The molecule has 1 saturated heterocycles. The largest absolute Gasteiger partial charge is 0.274 e. The Balaban J connectivity index is 2.32. The Kier molecular flexibility index (Phi) is 3.54. The van der Waals surface area contributed by atoms with Crippen LogP contribution in [0.5, 0.6) is 0 Å². The molecule has 0 radical (unpaired) electrons. The molecule has 1 aromatic rings. The molecule has 1 atom stereocenters. The fourth-order valence-electron chi connectivity index (χ4n) is 1.82. The second-order valence-electron chi connectivity index (χ2n) is 4.10. The SMILES string of the molecule is CCC1CC(=O)N(S(=O)(=O)c2cnc(Cl)nc2)C1. The van der Waals surface area contributed by atoms with Crippen molar-refractivity contribution >= 4 is 27.5 Å². The lowest BCUT2D eigenvalue weighted by Crippen LogP contribution is -2.32. The van der Waals surface area contributed by atoms with Crippen LogP contribution in [0.1, 0.15) is 19.8 Å². The molecular weight excluding hydrogens is 278 g/mol. The second-order valence-corrected chi connectivity index (χ2v) is 6.30. The molecule has 0 aliphatic carbocycles. The number of carbonyl (C=O) groups is 1. The monoisotopic (exact) mass is 289 g/mol. The van der Waals surface area contributed by atoms with E-state index in [0.29, 0.717) is 0 Å². The van der Waals surface area contributed by atoms with Crippen LogP contribution in [0.4, 0.5) is 0 Å². The standard InChI is InChI=1S/C10H12ClN3O3S/c1-2-7-3-9(15)14(6-7)18(16,17)8-4-12-10(11)13-5-8/h4-5,7H,2-3,6H2,1H3. The summed E-state index contributed by atoms with van der Waals surface area (Å²) in [6, 6.07) is 0. The number of nitrogens with zero attached hydrogens (tertiary/aromatic N) is 3. The highest BCUT2D eigenvalue weighted by molar-refractivity contribution is 7.89. The van der Waals surface area contributed by atoms with Crippen LogP contribution in [0.2, 0.25) is 5.28 Å². The van der Waals surface area contributed by atoms with Gasteiger partial charge in [-0.2, -0.15) is 0 Å². The van der Waals surface area contributed by atoms with E-state index in [2.05, 4.69) is 9.97 Å². The molecule has 8 heteroatoms. The Morgan fingerprint density at radius 2 is 2.06 bits per heavy atom. The van der Waals surface area contributed by atoms with Crippen LogP contribution in [-0.4, -0.2) is 35.1 Å². The Bertz CT molecular complexity index is 558. The molecule has 1 amide bonds. The van der Waals surface area contributed by atoms with Crippen molar-refractivity contribution in [3.8, 4) is 0 Å². The third-order valence-corrected chi connectivity index (χ3v) is 4.86. The molecule has 2 rings (SSSR count). The van der Waals surface area contributed by atoms with Crippen LogP contribution in [0, 0.1) is 5.92 Å². The molecule has 0 spiro atoms. The van der Waals surface area contributed by atoms with Gasteiger partial charge in [-0.05, 0) is 17.5 Å². The molecule has 0 N–H and O–H groups in total. The zero-order valence-electron chi connectivity index (χ0n) is 9.71. The minimum absolute atomic E-state index is 0.0341. The average Bonchev–Trinajstić information content (AvgIpc) is 2.72. The van der Waals surface area contributed by atoms with Crippen LogP contribution in [0.3, 0.4) is 0 Å². The molecule has 0 saturated carbocycles. The molecular formula is C10H12ClN3O3S. The van der Waals surface area contributed by atoms with Crippen LogP contribution in [-0.2, 0) is 14.8 Å². The fraction of sp³-hybridized carbons (Fsp3) is 0.500. The molecule has 0 bridgehead atoms. The van der Waals surface area contributed by atoms with Gasteiger partial charge >= 0.3 is 0 Å². The molecule has 0 aromatic carbocycles. The van der Waals surface area contributed by atoms with Gasteiger partial charge in [0.25, 0.3) is 10.0 Å². The van der Waals surface area contributed by atoms with Gasteiger partial charge in [0.1, 0.15) is 4.90 Å². The predicted molar refractivity (Wildman–Crippen MR) is 64.3 cm³/mol. The molecule has 6 nitrogen and oxygen atoms in total. The van der Waals surface area contributed by atoms with Crippen molar-refractivity contribution in [1.82, 2.24) is 14.3 Å². The Labute approximate surface area is 110 Å². The molecule has 2 heterocycles. The quantitative estimate of drug-likeness (QED) is 0.778. The number of halogens is 1. The third-order valence-electron chi connectivity index (χ3n) is 2.93. The van der Waals surface area contributed by atoms with E-state index in [-0.39, 0.29) is 35.0 Å². The van der Waals surface area contributed by atoms with Gasteiger partial charge in [-0.3, -0.25) is 4.79 Å². The molecule has 1 unspecified atom stereocenters. The van der Waals surface area contributed by atoms with Crippen LogP contribution >= 0.6 is 11.6 Å². The molecule has 1 aliphatic heterocycles. The lowest BCUT2D eigenvalue weighted by Gasteiger charge is -2.16. The maximum Gasteiger partial charge on any atom is 0.269 e. The van der Waals surface area contributed by atoms with Crippen LogP contribution in [0.15, 0.2) is 17.3 Å². The first-order valence-electron chi connectivity index (χ1n) is 5.48. The summed E-state index contributed by atoms with van der Waals surface area (Å²) in [6.45, 7) is 2.15. The minimum Gasteiger partial charge on any atom is -0.274 e. The van der Waals surface area contributed by atoms with E-state index in [4.69, 9.17) is 11.6 Å². The van der Waals surface area contributed by atoms with Crippen molar-refractivity contribution in [2.75, 3.05) is 6.54 Å². The number of rotatable bonds is 3. The number of sulfonamides is 1. The van der Waals surface area contributed by atoms with E-state index in [1.807, 2.05) is 6.92 Å². The smallest absolute Gasteiger partial charge is 0.269 e. The van der Waals surface area contributed by atoms with Crippen molar-refractivity contribution in [3.63, 3.8) is 0 Å². The molecule has 1 aromatic heterocycles. The van der Waals surface area contributed by atoms with Gasteiger partial charge in [0.15, 0.2) is 0 Å². The normalized spacial score (nSPS) is 20.4. The summed E-state index contributed by atoms with van der Waals surface area (Å²) in [5.41, 5.74) is 0. The van der Waals surface area contributed by atoms with Crippen LogP contribution in [0.25, 0.3) is 0 Å². The van der Waals surface area contributed by atoms with Gasteiger partial charge in [0.2, 0.25) is 11.2 Å². The van der Waals surface area contributed by atoms with Gasteiger partial charge in [-0.15, -0.1) is 0 Å². The fourth-order valence-corrected chi connectivity index (χ4v) is 3.29. The topological polar surface area (TPSA) is 80.2 Å². The highest BCUT2D eigenvalue weighted by atomic mass is 35.5. The van der Waals surface area contributed by atoms with Crippen molar-refractivity contribution in [3.05, 3.63) is 17.7 Å². The lowest BCUT2D eigenvalue weighted by atomic mass is 10.1. The zero-order chi connectivity index (χ0) is 13.3. The summed E-state index contributed by atoms with van der Waals surface area (Å²) in [4.78, 5) is 18.8. The second kappa shape index (κ2) is 4.81. The van der Waals surface area contributed by atoms with Crippen molar-refractivity contribution in [2.45, 2.75) is 24.7 Å². The van der Waals surface area contributed by atoms with Crippen molar-refractivity contribution in [2.24, 2.45) is 5.92 Å². The number of carbonyl (C=O) groups excluding carboxylic acids is 1. The summed E-state index contributed by atoms with van der Waals surface area (Å²) in [6.07, 6.45) is 3.26. The van der Waals surface area contributed by atoms with Gasteiger partial charge in [-0.1, -0.05) is 13.3 Å². The zero-order valence-corrected chi connectivity index (χ0v) is 11.3. The summed E-state index contributed by atoms with van der Waals surface area (Å²) in [5.74, 6) is -0.294. The number of hydrogen-bond acceptors (Lipinski definition) is 5. The van der Waals surface area contributed by atoms with E-state index in [1.54, 1.807) is 0 Å². The maximum absolute atomic E-state index is 12.2. The van der Waals surface area contributed by atoms with Crippen molar-refractivity contribution in [1.29, 1.82) is 0 Å². The van der Waals surface area contributed by atoms with Crippen LogP contribution < -0.4 is 0 Å². The summed E-state index contributed by atoms with van der Waals surface area (Å²) < 4.78 is 25.3. The van der Waals surface area contributed by atoms with E-state index in [0.717, 1.165) is 23.1 Å². The molecule has 98 valence electrons. The van der Waals surface area contributed by atoms with Gasteiger partial charge < -0.3 is 0 Å². The highest BCUT2D eigenvalue weighted by Gasteiger charge is 2.37. The first kappa shape index (κ1) is 13.2. The lowest BCUT2D eigenvalue weighted by molar-refractivity contribution is -0.123. The van der Waals surface area contributed by atoms with E-state index >= 15 is 0 Å². The maximum atomic E-state index is 12.2. The third kappa shape index (κ3) is 2.32. The van der Waals surface area contributed by atoms with E-state index in [9.17, 15) is 13.2 Å². The number of aromatic nitrogens is 2. The summed E-state index contributed by atoms with van der Waals surface area (Å²) in [7, 11) is -3.85. The van der Waals surface area contributed by atoms with Crippen molar-refractivity contribution < 1.29 is 13.2 Å². The number of amides is 1. The van der Waals surface area contributed by atoms with Gasteiger partial charge in [0, 0.05) is 13.0 Å². The molecule has 1 aliphatic rings. The summed E-state index contributed by atoms with van der Waals surface area (Å²) in [5, 5.41) is -0.0341. The Morgan fingerprint density at radius 3 is 2.56 bits per heavy atom. The minimum atomic E-state index is -3.85. The number of hydrogen-bond donors (Lipinski definition) is 0. The predicted octanol–water partition coefficient (Wildman–Crippen LogP) is 1.08.